The van der Waals surface area contributed by atoms with Gasteiger partial charge in [-0.05, 0) is 30.3 Å². The van der Waals surface area contributed by atoms with E-state index in [1.54, 1.807) is 0 Å². The maximum Gasteiger partial charge on any atom is 0.335 e. The standard InChI is InChI=1S/C14H11NO3/c16-13-7-6-10(14(17)18)8-11(13)9-15-12-4-2-1-3-5-12/h1-9,16H,(H,17,18). The van der Waals surface area contributed by atoms with Crippen molar-refractivity contribution in [3.63, 3.8) is 0 Å². The summed E-state index contributed by atoms with van der Waals surface area (Å²) in [4.78, 5) is 15.0. The van der Waals surface area contributed by atoms with Gasteiger partial charge in [0.05, 0.1) is 11.3 Å². The van der Waals surface area contributed by atoms with Gasteiger partial charge in [0.15, 0.2) is 0 Å². The second-order valence-electron chi connectivity index (χ2n) is 3.67. The monoisotopic (exact) mass is 241 g/mol. The van der Waals surface area contributed by atoms with E-state index in [0.717, 1.165) is 5.69 Å². The Morgan fingerprint density at radius 2 is 1.83 bits per heavy atom. The molecule has 90 valence electrons. The van der Waals surface area contributed by atoms with Gasteiger partial charge in [0.2, 0.25) is 0 Å². The topological polar surface area (TPSA) is 69.9 Å². The van der Waals surface area contributed by atoms with Crippen LogP contribution in [0.3, 0.4) is 0 Å². The SMILES string of the molecule is O=C(O)c1ccc(O)c(C=Nc2ccccc2)c1. The number of carboxylic acids is 1. The Labute approximate surface area is 104 Å². The first-order valence-electron chi connectivity index (χ1n) is 5.32. The summed E-state index contributed by atoms with van der Waals surface area (Å²) in [7, 11) is 0. The number of aliphatic imine (C=N–C) groups is 1. The number of carbonyl (C=O) groups is 1. The lowest BCUT2D eigenvalue weighted by Gasteiger charge is -2.00. The van der Waals surface area contributed by atoms with Crippen LogP contribution in [-0.4, -0.2) is 22.4 Å². The Balaban J connectivity index is 2.31. The van der Waals surface area contributed by atoms with Crippen LogP contribution in [0.25, 0.3) is 0 Å². The normalized spacial score (nSPS) is 10.7. The fraction of sp³-hybridized carbons (Fsp3) is 0. The predicted octanol–water partition coefficient (Wildman–Crippen LogP) is 2.84. The molecule has 2 N–H and O–H groups in total. The van der Waals surface area contributed by atoms with E-state index < -0.39 is 5.97 Å². The van der Waals surface area contributed by atoms with Crippen LogP contribution in [0.15, 0.2) is 53.5 Å². The number of aromatic carboxylic acids is 1. The van der Waals surface area contributed by atoms with E-state index in [9.17, 15) is 9.90 Å². The van der Waals surface area contributed by atoms with Crippen LogP contribution < -0.4 is 0 Å². The van der Waals surface area contributed by atoms with Crippen molar-refractivity contribution in [2.45, 2.75) is 0 Å². The number of phenols is 1. The molecule has 0 unspecified atom stereocenters. The Kier molecular flexibility index (Phi) is 3.38. The first-order chi connectivity index (χ1) is 8.66. The summed E-state index contributed by atoms with van der Waals surface area (Å²) in [6.45, 7) is 0. The minimum Gasteiger partial charge on any atom is -0.507 e. The smallest absolute Gasteiger partial charge is 0.335 e. The third kappa shape index (κ3) is 2.74. The molecule has 18 heavy (non-hydrogen) atoms. The van der Waals surface area contributed by atoms with E-state index in [0.29, 0.717) is 5.56 Å². The van der Waals surface area contributed by atoms with Gasteiger partial charge in [-0.25, -0.2) is 4.79 Å². The van der Waals surface area contributed by atoms with Gasteiger partial charge in [-0.15, -0.1) is 0 Å². The number of carboxylic acid groups (broad SMARTS) is 1. The Hall–Kier alpha value is -2.62. The molecule has 0 aliphatic carbocycles. The third-order valence-electron chi connectivity index (χ3n) is 2.38. The third-order valence-corrected chi connectivity index (χ3v) is 2.38. The number of rotatable bonds is 3. The molecule has 4 heteroatoms. The number of aromatic hydroxyl groups is 1. The van der Waals surface area contributed by atoms with Crippen LogP contribution in [0.1, 0.15) is 15.9 Å². The van der Waals surface area contributed by atoms with Gasteiger partial charge in [-0.1, -0.05) is 18.2 Å². The molecule has 0 aromatic heterocycles. The van der Waals surface area contributed by atoms with Crippen molar-refractivity contribution in [3.05, 3.63) is 59.7 Å². The molecule has 0 aliphatic heterocycles. The average molecular weight is 241 g/mol. The predicted molar refractivity (Wildman–Crippen MR) is 68.8 cm³/mol. The summed E-state index contributed by atoms with van der Waals surface area (Å²) >= 11 is 0. The van der Waals surface area contributed by atoms with Crippen molar-refractivity contribution in [3.8, 4) is 5.75 Å². The molecule has 0 saturated heterocycles. The fourth-order valence-electron chi connectivity index (χ4n) is 1.45. The van der Waals surface area contributed by atoms with E-state index >= 15 is 0 Å². The van der Waals surface area contributed by atoms with E-state index in [4.69, 9.17) is 5.11 Å². The maximum atomic E-state index is 10.8. The first-order valence-corrected chi connectivity index (χ1v) is 5.32. The molecule has 0 atom stereocenters. The lowest BCUT2D eigenvalue weighted by molar-refractivity contribution is 0.0697. The molecule has 0 heterocycles. The first kappa shape index (κ1) is 11.9. The lowest BCUT2D eigenvalue weighted by Crippen LogP contribution is -1.97. The summed E-state index contributed by atoms with van der Waals surface area (Å²) in [5.41, 5.74) is 1.22. The number of hydrogen-bond acceptors (Lipinski definition) is 3. The molecule has 2 aromatic carbocycles. The summed E-state index contributed by atoms with van der Waals surface area (Å²) in [6.07, 6.45) is 1.44. The van der Waals surface area contributed by atoms with Gasteiger partial charge in [-0.2, -0.15) is 0 Å². The van der Waals surface area contributed by atoms with Gasteiger partial charge in [0.1, 0.15) is 5.75 Å². The van der Waals surface area contributed by atoms with Crippen molar-refractivity contribution >= 4 is 17.9 Å². The summed E-state index contributed by atoms with van der Waals surface area (Å²) in [6, 6.07) is 13.3. The van der Waals surface area contributed by atoms with Crippen molar-refractivity contribution in [1.82, 2.24) is 0 Å². The highest BCUT2D eigenvalue weighted by Gasteiger charge is 2.05. The number of nitrogens with zero attached hydrogens (tertiary/aromatic N) is 1. The number of para-hydroxylation sites is 1. The zero-order chi connectivity index (χ0) is 13.0. The molecule has 4 nitrogen and oxygen atoms in total. The summed E-state index contributed by atoms with van der Waals surface area (Å²) in [5, 5.41) is 18.5. The molecular formula is C14H11NO3. The van der Waals surface area contributed by atoms with Crippen LogP contribution in [0.2, 0.25) is 0 Å². The molecule has 0 saturated carbocycles. The van der Waals surface area contributed by atoms with Crippen LogP contribution in [0.5, 0.6) is 5.75 Å². The van der Waals surface area contributed by atoms with Crippen LogP contribution in [0, 0.1) is 0 Å². The lowest BCUT2D eigenvalue weighted by atomic mass is 10.1. The molecule has 2 aromatic rings. The Morgan fingerprint density at radius 3 is 2.50 bits per heavy atom. The van der Waals surface area contributed by atoms with Gasteiger partial charge >= 0.3 is 5.97 Å². The Bertz CT molecular complexity index is 591. The molecule has 0 spiro atoms. The highest BCUT2D eigenvalue weighted by atomic mass is 16.4. The number of benzene rings is 2. The zero-order valence-corrected chi connectivity index (χ0v) is 9.45. The highest BCUT2D eigenvalue weighted by molar-refractivity contribution is 5.93. The van der Waals surface area contributed by atoms with Gasteiger partial charge in [-0.3, -0.25) is 4.99 Å². The van der Waals surface area contributed by atoms with E-state index in [2.05, 4.69) is 4.99 Å². The van der Waals surface area contributed by atoms with Crippen LogP contribution in [-0.2, 0) is 0 Å². The molecule has 0 amide bonds. The Morgan fingerprint density at radius 1 is 1.11 bits per heavy atom. The molecule has 0 bridgehead atoms. The van der Waals surface area contributed by atoms with Crippen molar-refractivity contribution in [1.29, 1.82) is 0 Å². The van der Waals surface area contributed by atoms with Crippen LogP contribution >= 0.6 is 0 Å². The molecule has 0 radical (unpaired) electrons. The molecule has 2 rings (SSSR count). The average Bonchev–Trinajstić information content (AvgIpc) is 2.38. The van der Waals surface area contributed by atoms with Gasteiger partial charge in [0, 0.05) is 11.8 Å². The quantitative estimate of drug-likeness (QED) is 0.812. The molecular weight excluding hydrogens is 230 g/mol. The van der Waals surface area contributed by atoms with Gasteiger partial charge in [0.25, 0.3) is 0 Å². The minimum absolute atomic E-state index is 0.000295. The second kappa shape index (κ2) is 5.14. The maximum absolute atomic E-state index is 10.8. The van der Waals surface area contributed by atoms with Crippen molar-refractivity contribution in [2.75, 3.05) is 0 Å². The van der Waals surface area contributed by atoms with Crippen molar-refractivity contribution < 1.29 is 15.0 Å². The van der Waals surface area contributed by atoms with Crippen molar-refractivity contribution in [2.24, 2.45) is 4.99 Å². The molecule has 0 fully saturated rings. The summed E-state index contributed by atoms with van der Waals surface area (Å²) < 4.78 is 0. The van der Waals surface area contributed by atoms with Gasteiger partial charge < -0.3 is 10.2 Å². The highest BCUT2D eigenvalue weighted by Crippen LogP contribution is 2.18. The van der Waals surface area contributed by atoms with E-state index in [1.807, 2.05) is 30.3 Å². The number of hydrogen-bond donors (Lipinski definition) is 2. The fourth-order valence-corrected chi connectivity index (χ4v) is 1.45. The zero-order valence-electron chi connectivity index (χ0n) is 9.45. The summed E-state index contributed by atoms with van der Waals surface area (Å²) in [5.74, 6) is -1.04. The van der Waals surface area contributed by atoms with E-state index in [-0.39, 0.29) is 11.3 Å². The number of phenolic OH excluding ortho intramolecular Hbond substituents is 1. The largest absolute Gasteiger partial charge is 0.507 e. The second-order valence-corrected chi connectivity index (χ2v) is 3.67. The minimum atomic E-state index is -1.04. The van der Waals surface area contributed by atoms with E-state index in [1.165, 1.54) is 24.4 Å². The molecule has 0 aliphatic rings. The van der Waals surface area contributed by atoms with Crippen LogP contribution in [0.4, 0.5) is 5.69 Å².